The monoisotopic (exact) mass is 568 g/mol. The fourth-order valence-electron chi connectivity index (χ4n) is 6.54. The largest absolute Gasteiger partial charge is 0.356 e. The quantitative estimate of drug-likeness (QED) is 0.223. The van der Waals surface area contributed by atoms with Crippen LogP contribution >= 0.6 is 0 Å². The van der Waals surface area contributed by atoms with Gasteiger partial charge in [-0.3, -0.25) is 14.5 Å². The minimum absolute atomic E-state index is 0.0992. The number of urea groups is 1. The molecule has 0 saturated carbocycles. The van der Waals surface area contributed by atoms with Crippen molar-refractivity contribution in [3.63, 3.8) is 0 Å². The Hall–Kier alpha value is -5.17. The van der Waals surface area contributed by atoms with Gasteiger partial charge in [-0.2, -0.15) is 0 Å². The van der Waals surface area contributed by atoms with E-state index in [1.54, 1.807) is 29.2 Å². The third-order valence-corrected chi connectivity index (χ3v) is 8.64. The fourth-order valence-corrected chi connectivity index (χ4v) is 6.54. The molecule has 214 valence electrons. The molecular weight excluding hydrogens is 536 g/mol. The van der Waals surface area contributed by atoms with Crippen LogP contribution in [0.2, 0.25) is 0 Å². The first-order valence-electron chi connectivity index (χ1n) is 14.8. The summed E-state index contributed by atoms with van der Waals surface area (Å²) >= 11 is 0. The minimum atomic E-state index is -0.690. The first-order chi connectivity index (χ1) is 21.0. The average Bonchev–Trinajstić information content (AvgIpc) is 3.53. The Morgan fingerprint density at radius 1 is 0.884 bits per heavy atom. The molecule has 2 aliphatic rings. The van der Waals surface area contributed by atoms with Crippen molar-refractivity contribution in [1.82, 2.24) is 15.2 Å². The molecule has 2 unspecified atom stereocenters. The van der Waals surface area contributed by atoms with Crippen LogP contribution in [0, 0.1) is 0 Å². The summed E-state index contributed by atoms with van der Waals surface area (Å²) < 4.78 is 0. The maximum Gasteiger partial charge on any atom is 0.332 e. The number of aromatic amines is 1. The molecule has 0 radical (unpaired) electrons. The SMILES string of the molecule is CC(CCc1ccccc1)NC(=O)c1ccccc1N1C(=O)[C@@H]2Cc3c([nH]c4ccccc34)C(c3ccccc3)N2C1=O. The molecule has 0 bridgehead atoms. The number of hydrogen-bond donors (Lipinski definition) is 2. The highest BCUT2D eigenvalue weighted by Gasteiger charge is 2.53. The summed E-state index contributed by atoms with van der Waals surface area (Å²) in [6, 6.07) is 33.2. The van der Waals surface area contributed by atoms with Crippen molar-refractivity contribution in [3.8, 4) is 0 Å². The van der Waals surface area contributed by atoms with Crippen LogP contribution in [0.3, 0.4) is 0 Å². The van der Waals surface area contributed by atoms with Crippen LogP contribution in [0.25, 0.3) is 10.9 Å². The highest BCUT2D eigenvalue weighted by atomic mass is 16.2. The molecule has 2 aliphatic heterocycles. The number of carbonyl (C=O) groups is 3. The number of hydrogen-bond acceptors (Lipinski definition) is 3. The Morgan fingerprint density at radius 2 is 1.56 bits per heavy atom. The second kappa shape index (κ2) is 10.9. The molecule has 3 atom stereocenters. The molecule has 3 heterocycles. The molecule has 7 heteroatoms. The van der Waals surface area contributed by atoms with Gasteiger partial charge in [0.25, 0.3) is 11.8 Å². The van der Waals surface area contributed by atoms with Gasteiger partial charge in [0.2, 0.25) is 0 Å². The lowest BCUT2D eigenvalue weighted by Gasteiger charge is -2.36. The van der Waals surface area contributed by atoms with Gasteiger partial charge in [-0.1, -0.05) is 91.0 Å². The van der Waals surface area contributed by atoms with Crippen LogP contribution in [0.15, 0.2) is 109 Å². The molecule has 1 aromatic heterocycles. The Morgan fingerprint density at radius 3 is 2.35 bits per heavy atom. The number of rotatable bonds is 7. The van der Waals surface area contributed by atoms with Gasteiger partial charge < -0.3 is 10.3 Å². The summed E-state index contributed by atoms with van der Waals surface area (Å²) in [6.07, 6.45) is 1.99. The Labute approximate surface area is 250 Å². The number of benzene rings is 4. The highest BCUT2D eigenvalue weighted by Crippen LogP contribution is 2.45. The summed E-state index contributed by atoms with van der Waals surface area (Å²) in [5.41, 5.74) is 5.68. The second-order valence-electron chi connectivity index (χ2n) is 11.4. The predicted molar refractivity (Wildman–Crippen MR) is 167 cm³/mol. The van der Waals surface area contributed by atoms with Gasteiger partial charge in [-0.25, -0.2) is 9.69 Å². The summed E-state index contributed by atoms with van der Waals surface area (Å²) in [7, 11) is 0. The van der Waals surface area contributed by atoms with Crippen LogP contribution in [0.4, 0.5) is 10.5 Å². The highest BCUT2D eigenvalue weighted by molar-refractivity contribution is 6.24. The summed E-state index contributed by atoms with van der Waals surface area (Å²) in [5.74, 6) is -0.628. The van der Waals surface area contributed by atoms with Gasteiger partial charge in [0.1, 0.15) is 12.1 Å². The summed E-state index contributed by atoms with van der Waals surface area (Å²) in [5, 5.41) is 4.14. The molecular formula is C36H32N4O3. The molecule has 43 heavy (non-hydrogen) atoms. The van der Waals surface area contributed by atoms with Crippen LogP contribution in [-0.4, -0.2) is 39.8 Å². The fraction of sp³-hybridized carbons (Fsp3) is 0.194. The van der Waals surface area contributed by atoms with Crippen molar-refractivity contribution in [1.29, 1.82) is 0 Å². The summed E-state index contributed by atoms with van der Waals surface area (Å²) in [6.45, 7) is 1.97. The number of imide groups is 1. The van der Waals surface area contributed by atoms with E-state index in [4.69, 9.17) is 0 Å². The van der Waals surface area contributed by atoms with Crippen LogP contribution < -0.4 is 10.2 Å². The van der Waals surface area contributed by atoms with Gasteiger partial charge in [0.05, 0.1) is 11.3 Å². The van der Waals surface area contributed by atoms with Crippen molar-refractivity contribution >= 4 is 34.4 Å². The number of anilines is 1. The normalized spacial score (nSPS) is 18.4. The maximum absolute atomic E-state index is 14.3. The van der Waals surface area contributed by atoms with Gasteiger partial charge >= 0.3 is 6.03 Å². The lowest BCUT2D eigenvalue weighted by atomic mass is 9.89. The van der Waals surface area contributed by atoms with E-state index in [2.05, 4.69) is 28.5 Å². The van der Waals surface area contributed by atoms with E-state index < -0.39 is 18.1 Å². The molecule has 4 amide bonds. The Balaban J connectivity index is 1.21. The van der Waals surface area contributed by atoms with Crippen molar-refractivity contribution in [2.75, 3.05) is 4.90 Å². The molecule has 1 saturated heterocycles. The molecule has 7 nitrogen and oxygen atoms in total. The average molecular weight is 569 g/mol. The molecule has 0 spiro atoms. The van der Waals surface area contributed by atoms with Crippen molar-refractivity contribution < 1.29 is 14.4 Å². The van der Waals surface area contributed by atoms with E-state index in [9.17, 15) is 14.4 Å². The third-order valence-electron chi connectivity index (χ3n) is 8.64. The van der Waals surface area contributed by atoms with Gasteiger partial charge in [0.15, 0.2) is 0 Å². The van der Waals surface area contributed by atoms with E-state index in [0.717, 1.165) is 40.6 Å². The summed E-state index contributed by atoms with van der Waals surface area (Å²) in [4.78, 5) is 48.5. The van der Waals surface area contributed by atoms with Crippen molar-refractivity contribution in [3.05, 3.63) is 137 Å². The zero-order valence-corrected chi connectivity index (χ0v) is 23.9. The molecule has 0 aliphatic carbocycles. The Kier molecular flexibility index (Phi) is 6.78. The number of nitrogens with zero attached hydrogens (tertiary/aromatic N) is 2. The number of carbonyl (C=O) groups excluding carboxylic acids is 3. The number of aryl methyl sites for hydroxylation is 1. The first-order valence-corrected chi connectivity index (χ1v) is 14.8. The van der Waals surface area contributed by atoms with Crippen LogP contribution in [0.1, 0.15) is 52.1 Å². The zero-order valence-electron chi connectivity index (χ0n) is 23.9. The predicted octanol–water partition coefficient (Wildman–Crippen LogP) is 6.40. The van der Waals surface area contributed by atoms with E-state index >= 15 is 0 Å². The number of para-hydroxylation sites is 2. The topological polar surface area (TPSA) is 85.5 Å². The van der Waals surface area contributed by atoms with E-state index in [0.29, 0.717) is 17.7 Å². The first kappa shape index (κ1) is 26.7. The molecule has 2 N–H and O–H groups in total. The number of nitrogens with one attached hydrogen (secondary N) is 2. The van der Waals surface area contributed by atoms with E-state index in [1.165, 1.54) is 10.5 Å². The zero-order chi connectivity index (χ0) is 29.5. The lowest BCUT2D eigenvalue weighted by Crippen LogP contribution is -2.44. The number of fused-ring (bicyclic) bond motifs is 4. The number of H-pyrrole nitrogens is 1. The van der Waals surface area contributed by atoms with Crippen LogP contribution in [-0.2, 0) is 17.6 Å². The minimum Gasteiger partial charge on any atom is -0.356 e. The van der Waals surface area contributed by atoms with Crippen molar-refractivity contribution in [2.45, 2.75) is 44.3 Å². The van der Waals surface area contributed by atoms with E-state index in [1.807, 2.05) is 73.7 Å². The number of amides is 4. The van der Waals surface area contributed by atoms with Gasteiger partial charge in [-0.15, -0.1) is 0 Å². The smallest absolute Gasteiger partial charge is 0.332 e. The lowest BCUT2D eigenvalue weighted by molar-refractivity contribution is -0.120. The molecule has 7 rings (SSSR count). The second-order valence-corrected chi connectivity index (χ2v) is 11.4. The Bertz CT molecular complexity index is 1830. The molecule has 1 fully saturated rings. The van der Waals surface area contributed by atoms with Crippen molar-refractivity contribution in [2.24, 2.45) is 0 Å². The maximum atomic E-state index is 14.3. The standard InChI is InChI=1S/C36H32N4O3/c1-23(20-21-24-12-4-2-5-13-24)37-34(41)27-17-9-11-19-30(27)40-35(42)31-22-28-26-16-8-10-18-29(26)38-32(28)33(39(31)36(40)43)25-14-6-3-7-15-25/h2-19,23,31,33,38H,20-22H2,1H3,(H,37,41)/t23?,31-,33?/m0/s1. The third kappa shape index (κ3) is 4.67. The van der Waals surface area contributed by atoms with Crippen LogP contribution in [0.5, 0.6) is 0 Å². The number of aromatic nitrogens is 1. The molecule has 4 aromatic carbocycles. The van der Waals surface area contributed by atoms with E-state index in [-0.39, 0.29) is 17.9 Å². The molecule has 5 aromatic rings. The van der Waals surface area contributed by atoms with Gasteiger partial charge in [0, 0.05) is 29.1 Å². The van der Waals surface area contributed by atoms with Gasteiger partial charge in [-0.05, 0) is 54.7 Å².